The molecule has 0 unspecified atom stereocenters. The van der Waals surface area contributed by atoms with Crippen LogP contribution in [0.3, 0.4) is 0 Å². The van der Waals surface area contributed by atoms with Crippen LogP contribution in [-0.2, 0) is 23.0 Å². The summed E-state index contributed by atoms with van der Waals surface area (Å²) < 4.78 is 31.0. The lowest BCUT2D eigenvalue weighted by Gasteiger charge is -2.01. The minimum absolute atomic E-state index is 0.0137. The van der Waals surface area contributed by atoms with Gasteiger partial charge in [-0.1, -0.05) is 6.92 Å². The highest BCUT2D eigenvalue weighted by molar-refractivity contribution is 7.89. The van der Waals surface area contributed by atoms with Crippen LogP contribution in [-0.4, -0.2) is 23.4 Å². The van der Waals surface area contributed by atoms with Gasteiger partial charge in [0, 0.05) is 6.42 Å². The van der Waals surface area contributed by atoms with Crippen molar-refractivity contribution >= 4 is 10.0 Å². The van der Waals surface area contributed by atoms with Gasteiger partial charge in [0.1, 0.15) is 5.76 Å². The Kier molecular flexibility index (Phi) is 3.25. The fourth-order valence-electron chi connectivity index (χ4n) is 1.22. The number of aromatic nitrogens is 3. The summed E-state index contributed by atoms with van der Waals surface area (Å²) in [6.45, 7) is 1.94. The number of sulfonamides is 1. The van der Waals surface area contributed by atoms with E-state index in [1.807, 2.05) is 6.92 Å². The van der Waals surface area contributed by atoms with Gasteiger partial charge in [-0.15, -0.1) is 0 Å². The van der Waals surface area contributed by atoms with Gasteiger partial charge in [-0.3, -0.25) is 0 Å². The maximum absolute atomic E-state index is 11.7. The third-order valence-corrected chi connectivity index (χ3v) is 3.45. The molecule has 0 spiro atoms. The lowest BCUT2D eigenvalue weighted by molar-refractivity contribution is 0.452. The van der Waals surface area contributed by atoms with E-state index in [1.54, 1.807) is 6.20 Å². The van der Waals surface area contributed by atoms with E-state index in [9.17, 15) is 8.42 Å². The van der Waals surface area contributed by atoms with Crippen molar-refractivity contribution in [3.05, 3.63) is 30.4 Å². The average Bonchev–Trinajstić information content (AvgIpc) is 2.98. The van der Waals surface area contributed by atoms with E-state index in [0.717, 1.165) is 12.2 Å². The summed E-state index contributed by atoms with van der Waals surface area (Å²) in [6, 6.07) is 0. The highest BCUT2D eigenvalue weighted by Crippen LogP contribution is 2.06. The number of nitrogens with one attached hydrogen (secondary N) is 2. The van der Waals surface area contributed by atoms with Gasteiger partial charge in [0.2, 0.25) is 5.89 Å². The van der Waals surface area contributed by atoms with Gasteiger partial charge in [0.05, 0.1) is 25.3 Å². The Morgan fingerprint density at radius 1 is 1.47 bits per heavy atom. The van der Waals surface area contributed by atoms with Crippen molar-refractivity contribution in [2.75, 3.05) is 0 Å². The van der Waals surface area contributed by atoms with E-state index >= 15 is 0 Å². The Labute approximate surface area is 98.3 Å². The van der Waals surface area contributed by atoms with E-state index in [0.29, 0.717) is 5.89 Å². The van der Waals surface area contributed by atoms with Gasteiger partial charge >= 0.3 is 0 Å². The molecular formula is C9H12N4O3S. The van der Waals surface area contributed by atoms with Crippen molar-refractivity contribution in [3.63, 3.8) is 0 Å². The highest BCUT2D eigenvalue weighted by atomic mass is 32.2. The molecule has 7 nitrogen and oxygen atoms in total. The first kappa shape index (κ1) is 11.8. The normalized spacial score (nSPS) is 11.8. The second-order valence-corrected chi connectivity index (χ2v) is 5.05. The van der Waals surface area contributed by atoms with Crippen LogP contribution in [0.25, 0.3) is 0 Å². The van der Waals surface area contributed by atoms with Crippen LogP contribution in [0.1, 0.15) is 18.6 Å². The lowest BCUT2D eigenvalue weighted by Crippen LogP contribution is -2.23. The molecule has 0 amide bonds. The third kappa shape index (κ3) is 2.71. The first-order chi connectivity index (χ1) is 8.12. The Balaban J connectivity index is 2.03. The smallest absolute Gasteiger partial charge is 0.258 e. The molecule has 2 N–H and O–H groups in total. The zero-order chi connectivity index (χ0) is 12.3. The van der Waals surface area contributed by atoms with E-state index in [2.05, 4.69) is 19.7 Å². The first-order valence-electron chi connectivity index (χ1n) is 5.03. The molecule has 0 fully saturated rings. The Morgan fingerprint density at radius 3 is 2.88 bits per heavy atom. The highest BCUT2D eigenvalue weighted by Gasteiger charge is 2.16. The molecule has 0 saturated heterocycles. The van der Waals surface area contributed by atoms with Crippen LogP contribution in [0.15, 0.2) is 28.2 Å². The van der Waals surface area contributed by atoms with Crippen LogP contribution in [0.2, 0.25) is 0 Å². The fourth-order valence-corrected chi connectivity index (χ4v) is 2.09. The summed E-state index contributed by atoms with van der Waals surface area (Å²) in [5.41, 5.74) is 0. The second kappa shape index (κ2) is 4.68. The van der Waals surface area contributed by atoms with Crippen LogP contribution in [0, 0.1) is 0 Å². The molecule has 0 aliphatic carbocycles. The Morgan fingerprint density at radius 2 is 2.29 bits per heavy atom. The molecule has 0 atom stereocenters. The van der Waals surface area contributed by atoms with Crippen molar-refractivity contribution < 1.29 is 12.8 Å². The minimum atomic E-state index is -3.58. The summed E-state index contributed by atoms with van der Waals surface area (Å²) in [4.78, 5) is 10.1. The fraction of sp³-hybridized carbons (Fsp3) is 0.333. The number of rotatable bonds is 5. The standard InChI is InChI=1S/C9H12N4O3S/c1-2-7-3-11-8(16-7)4-13-17(14,15)9-5-10-6-12-9/h3,5-6,13H,2,4H2,1H3,(H,10,12). The number of nitrogens with zero attached hydrogens (tertiary/aromatic N) is 2. The van der Waals surface area contributed by atoms with Crippen LogP contribution in [0.5, 0.6) is 0 Å². The number of oxazole rings is 1. The molecule has 2 aromatic rings. The van der Waals surface area contributed by atoms with E-state index in [1.165, 1.54) is 12.5 Å². The molecule has 2 aromatic heterocycles. The number of hydrogen-bond acceptors (Lipinski definition) is 5. The zero-order valence-corrected chi connectivity index (χ0v) is 9.99. The number of hydrogen-bond donors (Lipinski definition) is 2. The van der Waals surface area contributed by atoms with E-state index < -0.39 is 10.0 Å². The Hall–Kier alpha value is -1.67. The predicted octanol–water partition coefficient (Wildman–Crippen LogP) is 0.439. The molecule has 0 aromatic carbocycles. The molecule has 0 bridgehead atoms. The molecule has 0 aliphatic heterocycles. The largest absolute Gasteiger partial charge is 0.444 e. The molecule has 0 saturated carbocycles. The molecule has 17 heavy (non-hydrogen) atoms. The van der Waals surface area contributed by atoms with Crippen molar-refractivity contribution in [2.24, 2.45) is 0 Å². The molecular weight excluding hydrogens is 244 g/mol. The van der Waals surface area contributed by atoms with Crippen molar-refractivity contribution in [1.82, 2.24) is 19.7 Å². The summed E-state index contributed by atoms with van der Waals surface area (Å²) in [6.07, 6.45) is 4.84. The van der Waals surface area contributed by atoms with Gasteiger partial charge in [0.25, 0.3) is 10.0 Å². The molecule has 92 valence electrons. The zero-order valence-electron chi connectivity index (χ0n) is 9.17. The van der Waals surface area contributed by atoms with Gasteiger partial charge in [-0.25, -0.2) is 23.1 Å². The van der Waals surface area contributed by atoms with Gasteiger partial charge in [-0.2, -0.15) is 0 Å². The summed E-state index contributed by atoms with van der Waals surface area (Å²) in [5.74, 6) is 1.06. The third-order valence-electron chi connectivity index (χ3n) is 2.13. The van der Waals surface area contributed by atoms with Crippen molar-refractivity contribution in [2.45, 2.75) is 24.9 Å². The topological polar surface area (TPSA) is 101 Å². The molecule has 8 heteroatoms. The lowest BCUT2D eigenvalue weighted by atomic mass is 10.4. The number of imidazole rings is 1. The predicted molar refractivity (Wildman–Crippen MR) is 58.5 cm³/mol. The van der Waals surface area contributed by atoms with Crippen LogP contribution < -0.4 is 4.72 Å². The quantitative estimate of drug-likeness (QED) is 0.808. The van der Waals surface area contributed by atoms with E-state index in [4.69, 9.17) is 4.42 Å². The average molecular weight is 256 g/mol. The van der Waals surface area contributed by atoms with Crippen LogP contribution in [0.4, 0.5) is 0 Å². The number of aromatic amines is 1. The van der Waals surface area contributed by atoms with Gasteiger partial charge in [-0.05, 0) is 0 Å². The van der Waals surface area contributed by atoms with Crippen LogP contribution >= 0.6 is 0 Å². The van der Waals surface area contributed by atoms with Crippen molar-refractivity contribution in [1.29, 1.82) is 0 Å². The monoisotopic (exact) mass is 256 g/mol. The first-order valence-corrected chi connectivity index (χ1v) is 6.51. The second-order valence-electron chi connectivity index (χ2n) is 3.31. The minimum Gasteiger partial charge on any atom is -0.444 e. The maximum Gasteiger partial charge on any atom is 0.258 e. The molecule has 2 rings (SSSR count). The molecule has 0 radical (unpaired) electrons. The maximum atomic E-state index is 11.7. The van der Waals surface area contributed by atoms with Gasteiger partial charge < -0.3 is 9.40 Å². The van der Waals surface area contributed by atoms with E-state index in [-0.39, 0.29) is 11.6 Å². The summed E-state index contributed by atoms with van der Waals surface area (Å²) in [7, 11) is -3.58. The van der Waals surface area contributed by atoms with Crippen molar-refractivity contribution in [3.8, 4) is 0 Å². The summed E-state index contributed by atoms with van der Waals surface area (Å²) >= 11 is 0. The molecule has 0 aliphatic rings. The molecule has 2 heterocycles. The summed E-state index contributed by atoms with van der Waals surface area (Å²) in [5, 5.41) is 0.0137. The SMILES string of the molecule is CCc1cnc(CNS(=O)(=O)c2cnc[nH]2)o1. The number of aryl methyl sites for hydroxylation is 1. The van der Waals surface area contributed by atoms with Gasteiger partial charge in [0.15, 0.2) is 5.03 Å². The number of H-pyrrole nitrogens is 1. The Bertz CT molecular complexity index is 573.